The molecule has 2 heterocycles. The van der Waals surface area contributed by atoms with E-state index < -0.39 is 0 Å². The Hall–Kier alpha value is -2.07. The van der Waals surface area contributed by atoms with E-state index in [2.05, 4.69) is 57.9 Å². The van der Waals surface area contributed by atoms with Crippen molar-refractivity contribution in [2.24, 2.45) is 0 Å². The first-order valence-corrected chi connectivity index (χ1v) is 6.92. The number of rotatable bonds is 5. The van der Waals surface area contributed by atoms with Crippen molar-refractivity contribution in [3.8, 4) is 0 Å². The highest BCUT2D eigenvalue weighted by Gasteiger charge is 2.05. The summed E-state index contributed by atoms with van der Waals surface area (Å²) in [5.74, 6) is 0. The molecule has 0 radical (unpaired) electrons. The van der Waals surface area contributed by atoms with Gasteiger partial charge in [0.05, 0.1) is 6.33 Å². The molecule has 0 saturated heterocycles. The summed E-state index contributed by atoms with van der Waals surface area (Å²) in [5.41, 5.74) is 3.91. The molecule has 0 aliphatic rings. The SMILES string of the molecule is CN(C)CCc1c[nH]c2ccc(Cn3ccnc3)cc12. The Morgan fingerprint density at radius 2 is 2.20 bits per heavy atom. The molecule has 0 aliphatic carbocycles. The van der Waals surface area contributed by atoms with E-state index in [1.165, 1.54) is 22.0 Å². The zero-order chi connectivity index (χ0) is 13.9. The average molecular weight is 268 g/mol. The van der Waals surface area contributed by atoms with Gasteiger partial charge in [-0.2, -0.15) is 0 Å². The second kappa shape index (κ2) is 5.51. The zero-order valence-corrected chi connectivity index (χ0v) is 12.0. The fraction of sp³-hybridized carbons (Fsp3) is 0.312. The number of nitrogens with zero attached hydrogens (tertiary/aromatic N) is 3. The number of imidazole rings is 1. The minimum atomic E-state index is 0.869. The Morgan fingerprint density at radius 3 is 2.95 bits per heavy atom. The summed E-state index contributed by atoms with van der Waals surface area (Å²) < 4.78 is 2.09. The summed E-state index contributed by atoms with van der Waals surface area (Å²) in [6.07, 6.45) is 8.87. The van der Waals surface area contributed by atoms with Gasteiger partial charge in [-0.15, -0.1) is 0 Å². The molecule has 4 heteroatoms. The summed E-state index contributed by atoms with van der Waals surface area (Å²) in [7, 11) is 4.22. The van der Waals surface area contributed by atoms with E-state index in [1.807, 2.05) is 18.7 Å². The number of hydrogen-bond donors (Lipinski definition) is 1. The third-order valence-electron chi connectivity index (χ3n) is 3.58. The molecule has 0 atom stereocenters. The van der Waals surface area contributed by atoms with E-state index >= 15 is 0 Å². The second-order valence-electron chi connectivity index (χ2n) is 5.48. The Kier molecular flexibility index (Phi) is 3.56. The van der Waals surface area contributed by atoms with Crippen molar-refractivity contribution in [3.05, 3.63) is 54.2 Å². The number of nitrogens with one attached hydrogen (secondary N) is 1. The van der Waals surface area contributed by atoms with Crippen LogP contribution < -0.4 is 0 Å². The number of likely N-dealkylation sites (N-methyl/N-ethyl adjacent to an activating group) is 1. The lowest BCUT2D eigenvalue weighted by atomic mass is 10.1. The van der Waals surface area contributed by atoms with Crippen molar-refractivity contribution in [2.45, 2.75) is 13.0 Å². The van der Waals surface area contributed by atoms with Gasteiger partial charge in [-0.05, 0) is 43.8 Å². The van der Waals surface area contributed by atoms with Crippen molar-refractivity contribution < 1.29 is 0 Å². The summed E-state index contributed by atoms with van der Waals surface area (Å²) in [6, 6.07) is 6.63. The highest BCUT2D eigenvalue weighted by molar-refractivity contribution is 5.83. The van der Waals surface area contributed by atoms with Gasteiger partial charge in [-0.3, -0.25) is 0 Å². The first-order valence-electron chi connectivity index (χ1n) is 6.92. The highest BCUT2D eigenvalue weighted by Crippen LogP contribution is 2.21. The van der Waals surface area contributed by atoms with Gasteiger partial charge in [0.2, 0.25) is 0 Å². The summed E-state index contributed by atoms with van der Waals surface area (Å²) >= 11 is 0. The second-order valence-corrected chi connectivity index (χ2v) is 5.48. The van der Waals surface area contributed by atoms with Crippen LogP contribution in [0, 0.1) is 0 Å². The Bertz CT molecular complexity index is 680. The average Bonchev–Trinajstić information content (AvgIpc) is 3.05. The number of fused-ring (bicyclic) bond motifs is 1. The first kappa shape index (κ1) is 12.9. The van der Waals surface area contributed by atoms with Crippen LogP contribution in [0.25, 0.3) is 10.9 Å². The number of benzene rings is 1. The molecule has 20 heavy (non-hydrogen) atoms. The molecule has 0 aliphatic heterocycles. The number of H-pyrrole nitrogens is 1. The molecule has 1 N–H and O–H groups in total. The van der Waals surface area contributed by atoms with Gasteiger partial charge in [0.25, 0.3) is 0 Å². The highest BCUT2D eigenvalue weighted by atomic mass is 15.0. The van der Waals surface area contributed by atoms with Gasteiger partial charge in [0.15, 0.2) is 0 Å². The van der Waals surface area contributed by atoms with E-state index in [9.17, 15) is 0 Å². The van der Waals surface area contributed by atoms with Crippen LogP contribution >= 0.6 is 0 Å². The molecular formula is C16H20N4. The Labute approximate surface area is 119 Å². The van der Waals surface area contributed by atoms with Crippen LogP contribution in [0.15, 0.2) is 43.1 Å². The Balaban J connectivity index is 1.86. The lowest BCUT2D eigenvalue weighted by molar-refractivity contribution is 0.414. The predicted octanol–water partition coefficient (Wildman–Crippen LogP) is 2.52. The largest absolute Gasteiger partial charge is 0.361 e. The maximum absolute atomic E-state index is 4.09. The number of aromatic amines is 1. The monoisotopic (exact) mass is 268 g/mol. The lowest BCUT2D eigenvalue weighted by Gasteiger charge is -2.08. The molecular weight excluding hydrogens is 248 g/mol. The smallest absolute Gasteiger partial charge is 0.0949 e. The van der Waals surface area contributed by atoms with Crippen LogP contribution in [0.1, 0.15) is 11.1 Å². The maximum atomic E-state index is 4.09. The van der Waals surface area contributed by atoms with Gasteiger partial charge in [-0.1, -0.05) is 6.07 Å². The van der Waals surface area contributed by atoms with Crippen LogP contribution in [0.4, 0.5) is 0 Å². The van der Waals surface area contributed by atoms with E-state index in [0.717, 1.165) is 19.5 Å². The van der Waals surface area contributed by atoms with E-state index in [0.29, 0.717) is 0 Å². The fourth-order valence-corrected chi connectivity index (χ4v) is 2.47. The quantitative estimate of drug-likeness (QED) is 0.772. The van der Waals surface area contributed by atoms with Crippen molar-refractivity contribution in [2.75, 3.05) is 20.6 Å². The van der Waals surface area contributed by atoms with Crippen molar-refractivity contribution in [1.29, 1.82) is 0 Å². The molecule has 3 rings (SSSR count). The summed E-state index contributed by atoms with van der Waals surface area (Å²) in [5, 5.41) is 1.34. The molecule has 0 bridgehead atoms. The van der Waals surface area contributed by atoms with Gasteiger partial charge in [0.1, 0.15) is 0 Å². The zero-order valence-electron chi connectivity index (χ0n) is 12.0. The van der Waals surface area contributed by atoms with Crippen LogP contribution in [0.2, 0.25) is 0 Å². The molecule has 0 amide bonds. The third kappa shape index (κ3) is 2.75. The number of hydrogen-bond acceptors (Lipinski definition) is 2. The standard InChI is InChI=1S/C16H20N4/c1-19(2)7-5-14-10-18-16-4-3-13(9-15(14)16)11-20-8-6-17-12-20/h3-4,6,8-10,12,18H,5,7,11H2,1-2H3. The molecule has 3 aromatic rings. The van der Waals surface area contributed by atoms with Crippen LogP contribution in [-0.4, -0.2) is 40.1 Å². The van der Waals surface area contributed by atoms with Gasteiger partial charge >= 0.3 is 0 Å². The number of aromatic nitrogens is 3. The minimum Gasteiger partial charge on any atom is -0.361 e. The van der Waals surface area contributed by atoms with E-state index in [-0.39, 0.29) is 0 Å². The van der Waals surface area contributed by atoms with Crippen molar-refractivity contribution in [1.82, 2.24) is 19.4 Å². The lowest BCUT2D eigenvalue weighted by Crippen LogP contribution is -2.14. The normalized spacial score (nSPS) is 11.6. The van der Waals surface area contributed by atoms with Crippen LogP contribution in [0.3, 0.4) is 0 Å². The Morgan fingerprint density at radius 1 is 1.30 bits per heavy atom. The predicted molar refractivity (Wildman–Crippen MR) is 81.9 cm³/mol. The molecule has 1 aromatic carbocycles. The molecule has 0 unspecified atom stereocenters. The molecule has 0 saturated carbocycles. The molecule has 4 nitrogen and oxygen atoms in total. The molecule has 0 spiro atoms. The van der Waals surface area contributed by atoms with Gasteiger partial charge in [0, 0.05) is 42.6 Å². The third-order valence-corrected chi connectivity index (χ3v) is 3.58. The summed E-state index contributed by atoms with van der Waals surface area (Å²) in [4.78, 5) is 9.67. The molecule has 104 valence electrons. The first-order chi connectivity index (χ1) is 9.72. The summed E-state index contributed by atoms with van der Waals surface area (Å²) in [6.45, 7) is 1.94. The van der Waals surface area contributed by atoms with E-state index in [1.54, 1.807) is 0 Å². The topological polar surface area (TPSA) is 36.9 Å². The van der Waals surface area contributed by atoms with Gasteiger partial charge < -0.3 is 14.5 Å². The van der Waals surface area contributed by atoms with Crippen molar-refractivity contribution in [3.63, 3.8) is 0 Å². The van der Waals surface area contributed by atoms with Crippen LogP contribution in [0.5, 0.6) is 0 Å². The van der Waals surface area contributed by atoms with Crippen LogP contribution in [-0.2, 0) is 13.0 Å². The van der Waals surface area contributed by atoms with Crippen molar-refractivity contribution >= 4 is 10.9 Å². The van der Waals surface area contributed by atoms with Gasteiger partial charge in [-0.25, -0.2) is 4.98 Å². The maximum Gasteiger partial charge on any atom is 0.0949 e. The molecule has 0 fully saturated rings. The fourth-order valence-electron chi connectivity index (χ4n) is 2.47. The minimum absolute atomic E-state index is 0.869. The molecule has 2 aromatic heterocycles. The van der Waals surface area contributed by atoms with E-state index in [4.69, 9.17) is 0 Å².